The van der Waals surface area contributed by atoms with Crippen LogP contribution in [0, 0.1) is 0 Å². The van der Waals surface area contributed by atoms with Crippen molar-refractivity contribution in [2.45, 2.75) is 25.8 Å². The number of hydrogen-bond donors (Lipinski definition) is 2. The second kappa shape index (κ2) is 6.63. The minimum Gasteiger partial charge on any atom is -0.464 e. The SMILES string of the molecule is CCOc1nc(NC)nc(NC2CCSCC2)n1. The van der Waals surface area contributed by atoms with Gasteiger partial charge in [-0.1, -0.05) is 0 Å². The molecule has 0 atom stereocenters. The van der Waals surface area contributed by atoms with Crippen molar-refractivity contribution in [3.63, 3.8) is 0 Å². The summed E-state index contributed by atoms with van der Waals surface area (Å²) in [4.78, 5) is 12.7. The van der Waals surface area contributed by atoms with Gasteiger partial charge in [0.2, 0.25) is 11.9 Å². The highest BCUT2D eigenvalue weighted by Crippen LogP contribution is 2.20. The molecule has 1 saturated heterocycles. The van der Waals surface area contributed by atoms with Crippen LogP contribution in [0.4, 0.5) is 11.9 Å². The molecule has 1 fully saturated rings. The van der Waals surface area contributed by atoms with Crippen LogP contribution < -0.4 is 15.4 Å². The molecule has 0 aliphatic carbocycles. The number of nitrogens with one attached hydrogen (secondary N) is 2. The zero-order valence-electron chi connectivity index (χ0n) is 10.8. The van der Waals surface area contributed by atoms with Crippen LogP contribution in [0.15, 0.2) is 0 Å². The van der Waals surface area contributed by atoms with Gasteiger partial charge in [0, 0.05) is 13.1 Å². The van der Waals surface area contributed by atoms with Gasteiger partial charge in [-0.3, -0.25) is 0 Å². The summed E-state index contributed by atoms with van der Waals surface area (Å²) >= 11 is 2.00. The third-order valence-corrected chi connectivity index (χ3v) is 3.72. The summed E-state index contributed by atoms with van der Waals surface area (Å²) < 4.78 is 5.33. The van der Waals surface area contributed by atoms with Gasteiger partial charge in [0.15, 0.2) is 0 Å². The van der Waals surface area contributed by atoms with Crippen molar-refractivity contribution in [2.75, 3.05) is 35.8 Å². The Morgan fingerprint density at radius 2 is 1.94 bits per heavy atom. The smallest absolute Gasteiger partial charge is 0.323 e. The van der Waals surface area contributed by atoms with Crippen LogP contribution >= 0.6 is 11.8 Å². The zero-order valence-corrected chi connectivity index (χ0v) is 11.6. The van der Waals surface area contributed by atoms with Gasteiger partial charge >= 0.3 is 6.01 Å². The van der Waals surface area contributed by atoms with Crippen molar-refractivity contribution in [1.29, 1.82) is 0 Å². The van der Waals surface area contributed by atoms with Crippen LogP contribution in [-0.2, 0) is 0 Å². The van der Waals surface area contributed by atoms with Crippen LogP contribution in [0.25, 0.3) is 0 Å². The second-order valence-electron chi connectivity index (χ2n) is 3.98. The van der Waals surface area contributed by atoms with E-state index in [-0.39, 0.29) is 0 Å². The molecule has 2 N–H and O–H groups in total. The molecule has 1 aromatic heterocycles. The second-order valence-corrected chi connectivity index (χ2v) is 5.20. The van der Waals surface area contributed by atoms with Crippen LogP contribution in [0.3, 0.4) is 0 Å². The first-order chi connectivity index (χ1) is 8.81. The lowest BCUT2D eigenvalue weighted by atomic mass is 10.2. The molecule has 0 amide bonds. The van der Waals surface area contributed by atoms with Gasteiger partial charge in [-0.25, -0.2) is 0 Å². The van der Waals surface area contributed by atoms with Crippen molar-refractivity contribution >= 4 is 23.7 Å². The number of ether oxygens (including phenoxy) is 1. The highest BCUT2D eigenvalue weighted by atomic mass is 32.2. The summed E-state index contributed by atoms with van der Waals surface area (Å²) in [5.74, 6) is 3.51. The monoisotopic (exact) mass is 269 g/mol. The molecule has 1 aliphatic heterocycles. The van der Waals surface area contributed by atoms with E-state index in [0.29, 0.717) is 30.6 Å². The minimum atomic E-state index is 0.365. The first-order valence-electron chi connectivity index (χ1n) is 6.22. The van der Waals surface area contributed by atoms with Crippen LogP contribution in [0.2, 0.25) is 0 Å². The quantitative estimate of drug-likeness (QED) is 0.841. The van der Waals surface area contributed by atoms with Gasteiger partial charge in [-0.2, -0.15) is 26.7 Å². The molecule has 1 aliphatic rings. The van der Waals surface area contributed by atoms with Gasteiger partial charge in [-0.15, -0.1) is 0 Å². The van der Waals surface area contributed by atoms with E-state index >= 15 is 0 Å². The third-order valence-electron chi connectivity index (χ3n) is 2.67. The molecule has 0 saturated carbocycles. The van der Waals surface area contributed by atoms with E-state index in [0.717, 1.165) is 12.8 Å². The predicted octanol–water partition coefficient (Wildman–Crippen LogP) is 1.62. The van der Waals surface area contributed by atoms with Crippen LogP contribution in [0.1, 0.15) is 19.8 Å². The fourth-order valence-electron chi connectivity index (χ4n) is 1.75. The lowest BCUT2D eigenvalue weighted by molar-refractivity contribution is 0.312. The van der Waals surface area contributed by atoms with E-state index in [1.165, 1.54) is 11.5 Å². The molecule has 6 nitrogen and oxygen atoms in total. The van der Waals surface area contributed by atoms with Crippen molar-refractivity contribution in [1.82, 2.24) is 15.0 Å². The number of rotatable bonds is 5. The summed E-state index contributed by atoms with van der Waals surface area (Å²) in [6, 6.07) is 0.817. The number of anilines is 2. The largest absolute Gasteiger partial charge is 0.464 e. The maximum absolute atomic E-state index is 5.33. The molecule has 0 radical (unpaired) electrons. The van der Waals surface area contributed by atoms with E-state index in [9.17, 15) is 0 Å². The lowest BCUT2D eigenvalue weighted by Crippen LogP contribution is -2.26. The number of hydrogen-bond acceptors (Lipinski definition) is 7. The summed E-state index contributed by atoms with van der Waals surface area (Å²) in [6.07, 6.45) is 2.30. The number of aromatic nitrogens is 3. The number of thioether (sulfide) groups is 1. The average Bonchev–Trinajstić information content (AvgIpc) is 2.40. The van der Waals surface area contributed by atoms with Gasteiger partial charge in [0.25, 0.3) is 0 Å². The fourth-order valence-corrected chi connectivity index (χ4v) is 2.86. The van der Waals surface area contributed by atoms with Crippen molar-refractivity contribution < 1.29 is 4.74 Å². The molecule has 18 heavy (non-hydrogen) atoms. The molecule has 0 spiro atoms. The Bertz CT molecular complexity index is 384. The molecule has 0 bridgehead atoms. The van der Waals surface area contributed by atoms with E-state index in [4.69, 9.17) is 4.74 Å². The van der Waals surface area contributed by atoms with Gasteiger partial charge in [-0.05, 0) is 31.3 Å². The standard InChI is InChI=1S/C11H19N5OS/c1-3-17-11-15-9(12-2)14-10(16-11)13-8-4-6-18-7-5-8/h8H,3-7H2,1-2H3,(H2,12,13,14,15,16). The topological polar surface area (TPSA) is 72.0 Å². The first-order valence-corrected chi connectivity index (χ1v) is 7.38. The Balaban J connectivity index is 2.07. The summed E-state index contributed by atoms with van der Waals surface area (Å²) in [7, 11) is 1.78. The maximum atomic E-state index is 5.33. The minimum absolute atomic E-state index is 0.365. The van der Waals surface area contributed by atoms with Crippen LogP contribution in [-0.4, -0.2) is 46.2 Å². The summed E-state index contributed by atoms with van der Waals surface area (Å²) in [5.41, 5.74) is 0. The lowest BCUT2D eigenvalue weighted by Gasteiger charge is -2.22. The molecular weight excluding hydrogens is 250 g/mol. The molecule has 2 heterocycles. The molecule has 1 aromatic rings. The van der Waals surface area contributed by atoms with Gasteiger partial charge < -0.3 is 15.4 Å². The Morgan fingerprint density at radius 3 is 2.61 bits per heavy atom. The molecule has 100 valence electrons. The fraction of sp³-hybridized carbons (Fsp3) is 0.727. The molecule has 0 aromatic carbocycles. The Kier molecular flexibility index (Phi) is 4.86. The molecule has 7 heteroatoms. The van der Waals surface area contributed by atoms with E-state index in [1.54, 1.807) is 7.05 Å². The number of nitrogens with zero attached hydrogens (tertiary/aromatic N) is 3. The van der Waals surface area contributed by atoms with E-state index in [1.807, 2.05) is 18.7 Å². The van der Waals surface area contributed by atoms with E-state index < -0.39 is 0 Å². The summed E-state index contributed by atoms with van der Waals surface area (Å²) in [6.45, 7) is 2.46. The highest BCUT2D eigenvalue weighted by Gasteiger charge is 2.15. The molecule has 0 unspecified atom stereocenters. The zero-order chi connectivity index (χ0) is 12.8. The first kappa shape index (κ1) is 13.2. The van der Waals surface area contributed by atoms with Crippen molar-refractivity contribution in [3.05, 3.63) is 0 Å². The normalized spacial score (nSPS) is 16.3. The Labute approximate surface area is 111 Å². The average molecular weight is 269 g/mol. The highest BCUT2D eigenvalue weighted by molar-refractivity contribution is 7.99. The van der Waals surface area contributed by atoms with Crippen molar-refractivity contribution in [2.24, 2.45) is 0 Å². The molecule has 2 rings (SSSR count). The Hall–Kier alpha value is -1.24. The molecular formula is C11H19N5OS. The van der Waals surface area contributed by atoms with Gasteiger partial charge in [0.1, 0.15) is 0 Å². The predicted molar refractivity (Wildman–Crippen MR) is 74.5 cm³/mol. The Morgan fingerprint density at radius 1 is 1.22 bits per heavy atom. The van der Waals surface area contributed by atoms with Crippen LogP contribution in [0.5, 0.6) is 6.01 Å². The summed E-state index contributed by atoms with van der Waals surface area (Å²) in [5, 5.41) is 6.28. The van der Waals surface area contributed by atoms with Gasteiger partial charge in [0.05, 0.1) is 6.61 Å². The third kappa shape index (κ3) is 3.63. The maximum Gasteiger partial charge on any atom is 0.323 e. The van der Waals surface area contributed by atoms with Crippen molar-refractivity contribution in [3.8, 4) is 6.01 Å². The van der Waals surface area contributed by atoms with E-state index in [2.05, 4.69) is 25.6 Å².